The minimum absolute atomic E-state index is 0.116. The summed E-state index contributed by atoms with van der Waals surface area (Å²) in [5.41, 5.74) is 2.21. The second kappa shape index (κ2) is 9.64. The maximum atomic E-state index is 12.0. The van der Waals surface area contributed by atoms with Crippen molar-refractivity contribution in [1.29, 1.82) is 0 Å². The predicted octanol–water partition coefficient (Wildman–Crippen LogP) is 2.96. The first-order chi connectivity index (χ1) is 11.6. The maximum Gasteiger partial charge on any atom is 0.315 e. The monoisotopic (exact) mass is 334 g/mol. The van der Waals surface area contributed by atoms with Gasteiger partial charge in [-0.25, -0.2) is 4.79 Å². The quantitative estimate of drug-likeness (QED) is 0.718. The lowest BCUT2D eigenvalue weighted by molar-refractivity contribution is 0.0657. The number of benzene rings is 1. The average Bonchev–Trinajstić information content (AvgIpc) is 2.59. The first-order valence-electron chi connectivity index (χ1n) is 8.91. The van der Waals surface area contributed by atoms with E-state index in [0.29, 0.717) is 19.1 Å². The second-order valence-corrected chi connectivity index (χ2v) is 6.90. The maximum absolute atomic E-state index is 12.0. The molecule has 5 heteroatoms. The van der Waals surface area contributed by atoms with Gasteiger partial charge in [-0.3, -0.25) is 0 Å². The van der Waals surface area contributed by atoms with Crippen molar-refractivity contribution in [2.75, 3.05) is 6.61 Å². The molecule has 1 aromatic carbocycles. The van der Waals surface area contributed by atoms with Gasteiger partial charge in [0.25, 0.3) is 0 Å². The minimum atomic E-state index is -0.116. The molecule has 1 aliphatic rings. The van der Waals surface area contributed by atoms with Crippen LogP contribution in [0.3, 0.4) is 0 Å². The zero-order chi connectivity index (χ0) is 17.4. The molecule has 0 saturated heterocycles. The SMILES string of the molecule is CC(C)OCc1ccc(CNC(=O)NC2CCC(CO)CC2)cc1. The molecule has 24 heavy (non-hydrogen) atoms. The van der Waals surface area contributed by atoms with Gasteiger partial charge in [0, 0.05) is 19.2 Å². The van der Waals surface area contributed by atoms with E-state index in [9.17, 15) is 4.79 Å². The molecular weight excluding hydrogens is 304 g/mol. The molecule has 0 heterocycles. The molecular formula is C19H30N2O3. The molecule has 2 rings (SSSR count). The number of hydrogen-bond acceptors (Lipinski definition) is 3. The van der Waals surface area contributed by atoms with Gasteiger partial charge in [0.05, 0.1) is 12.7 Å². The van der Waals surface area contributed by atoms with Crippen LogP contribution in [0.2, 0.25) is 0 Å². The van der Waals surface area contributed by atoms with Crippen LogP contribution < -0.4 is 10.6 Å². The van der Waals surface area contributed by atoms with Crippen LogP contribution in [0, 0.1) is 5.92 Å². The molecule has 134 valence electrons. The summed E-state index contributed by atoms with van der Waals surface area (Å²) in [6.45, 7) is 5.43. The van der Waals surface area contributed by atoms with Gasteiger partial charge in [-0.05, 0) is 56.6 Å². The molecule has 0 radical (unpaired) electrons. The fourth-order valence-electron chi connectivity index (χ4n) is 2.92. The number of hydrogen-bond donors (Lipinski definition) is 3. The van der Waals surface area contributed by atoms with Crippen molar-refractivity contribution in [2.24, 2.45) is 5.92 Å². The number of nitrogens with one attached hydrogen (secondary N) is 2. The Kier molecular flexibility index (Phi) is 7.53. The van der Waals surface area contributed by atoms with Gasteiger partial charge >= 0.3 is 6.03 Å². The highest BCUT2D eigenvalue weighted by Crippen LogP contribution is 2.23. The van der Waals surface area contributed by atoms with Crippen molar-refractivity contribution >= 4 is 6.03 Å². The summed E-state index contributed by atoms with van der Waals surface area (Å²) in [5.74, 6) is 0.407. The standard InChI is InChI=1S/C19H30N2O3/c1-14(2)24-13-17-5-3-15(4-6-17)11-20-19(23)21-18-9-7-16(12-22)8-10-18/h3-6,14,16,18,22H,7-13H2,1-2H3,(H2,20,21,23). The highest BCUT2D eigenvalue weighted by Gasteiger charge is 2.21. The first-order valence-corrected chi connectivity index (χ1v) is 8.91. The Morgan fingerprint density at radius 1 is 1.17 bits per heavy atom. The summed E-state index contributed by atoms with van der Waals surface area (Å²) in [5, 5.41) is 15.1. The van der Waals surface area contributed by atoms with Crippen LogP contribution in [0.5, 0.6) is 0 Å². The van der Waals surface area contributed by atoms with E-state index in [1.165, 1.54) is 0 Å². The van der Waals surface area contributed by atoms with E-state index in [-0.39, 0.29) is 24.8 Å². The molecule has 1 aliphatic carbocycles. The van der Waals surface area contributed by atoms with Gasteiger partial charge in [0.2, 0.25) is 0 Å². The number of urea groups is 1. The molecule has 0 atom stereocenters. The number of aliphatic hydroxyl groups is 1. The summed E-state index contributed by atoms with van der Waals surface area (Å²) in [6, 6.07) is 8.22. The summed E-state index contributed by atoms with van der Waals surface area (Å²) in [7, 11) is 0. The van der Waals surface area contributed by atoms with E-state index < -0.39 is 0 Å². The Bertz CT molecular complexity index is 494. The van der Waals surface area contributed by atoms with Crippen molar-refractivity contribution in [2.45, 2.75) is 64.8 Å². The van der Waals surface area contributed by atoms with Gasteiger partial charge in [0.1, 0.15) is 0 Å². The zero-order valence-corrected chi connectivity index (χ0v) is 14.8. The van der Waals surface area contributed by atoms with Crippen LogP contribution in [0.25, 0.3) is 0 Å². The van der Waals surface area contributed by atoms with Crippen LogP contribution in [0.4, 0.5) is 4.79 Å². The molecule has 5 nitrogen and oxygen atoms in total. The van der Waals surface area contributed by atoms with E-state index in [4.69, 9.17) is 9.84 Å². The predicted molar refractivity (Wildman–Crippen MR) is 94.6 cm³/mol. The normalized spacial score (nSPS) is 20.8. The third kappa shape index (κ3) is 6.49. The van der Waals surface area contributed by atoms with Gasteiger partial charge < -0.3 is 20.5 Å². The summed E-state index contributed by atoms with van der Waals surface area (Å²) in [6.07, 6.45) is 4.09. The molecule has 3 N–H and O–H groups in total. The highest BCUT2D eigenvalue weighted by molar-refractivity contribution is 5.74. The Hall–Kier alpha value is -1.59. The van der Waals surface area contributed by atoms with Crippen LogP contribution in [-0.4, -0.2) is 29.9 Å². The Morgan fingerprint density at radius 2 is 1.79 bits per heavy atom. The molecule has 0 bridgehead atoms. The topological polar surface area (TPSA) is 70.6 Å². The Morgan fingerprint density at radius 3 is 2.38 bits per heavy atom. The Balaban J connectivity index is 1.68. The van der Waals surface area contributed by atoms with Crippen LogP contribution in [-0.2, 0) is 17.9 Å². The fraction of sp³-hybridized carbons (Fsp3) is 0.632. The Labute approximate surface area is 144 Å². The lowest BCUT2D eigenvalue weighted by Crippen LogP contribution is -2.43. The van der Waals surface area contributed by atoms with Crippen LogP contribution in [0.1, 0.15) is 50.7 Å². The number of carbonyl (C=O) groups is 1. The molecule has 1 aromatic rings. The fourth-order valence-corrected chi connectivity index (χ4v) is 2.92. The largest absolute Gasteiger partial charge is 0.396 e. The van der Waals surface area contributed by atoms with Crippen molar-refractivity contribution in [3.8, 4) is 0 Å². The molecule has 0 spiro atoms. The number of carbonyl (C=O) groups excluding carboxylic acids is 1. The van der Waals surface area contributed by atoms with Crippen molar-refractivity contribution < 1.29 is 14.6 Å². The second-order valence-electron chi connectivity index (χ2n) is 6.90. The molecule has 2 amide bonds. The van der Waals surface area contributed by atoms with Crippen molar-refractivity contribution in [3.63, 3.8) is 0 Å². The third-order valence-electron chi connectivity index (χ3n) is 4.50. The first kappa shape index (κ1) is 18.7. The van der Waals surface area contributed by atoms with Gasteiger partial charge in [-0.1, -0.05) is 24.3 Å². The lowest BCUT2D eigenvalue weighted by atomic mass is 9.87. The van der Waals surface area contributed by atoms with Gasteiger partial charge in [-0.2, -0.15) is 0 Å². The van der Waals surface area contributed by atoms with E-state index in [0.717, 1.165) is 36.8 Å². The highest BCUT2D eigenvalue weighted by atomic mass is 16.5. The van der Waals surface area contributed by atoms with E-state index in [1.54, 1.807) is 0 Å². The van der Waals surface area contributed by atoms with Gasteiger partial charge in [-0.15, -0.1) is 0 Å². The third-order valence-corrected chi connectivity index (χ3v) is 4.50. The smallest absolute Gasteiger partial charge is 0.315 e. The van der Waals surface area contributed by atoms with E-state index in [2.05, 4.69) is 10.6 Å². The number of amides is 2. The van der Waals surface area contributed by atoms with Crippen LogP contribution in [0.15, 0.2) is 24.3 Å². The van der Waals surface area contributed by atoms with E-state index in [1.807, 2.05) is 38.1 Å². The minimum Gasteiger partial charge on any atom is -0.396 e. The molecule has 1 saturated carbocycles. The number of ether oxygens (including phenoxy) is 1. The number of aliphatic hydroxyl groups excluding tert-OH is 1. The summed E-state index contributed by atoms with van der Waals surface area (Å²) < 4.78 is 5.57. The molecule has 0 unspecified atom stereocenters. The summed E-state index contributed by atoms with van der Waals surface area (Å²) in [4.78, 5) is 12.0. The average molecular weight is 334 g/mol. The van der Waals surface area contributed by atoms with E-state index >= 15 is 0 Å². The van der Waals surface area contributed by atoms with Crippen molar-refractivity contribution in [3.05, 3.63) is 35.4 Å². The van der Waals surface area contributed by atoms with Gasteiger partial charge in [0.15, 0.2) is 0 Å². The lowest BCUT2D eigenvalue weighted by Gasteiger charge is -2.27. The molecule has 0 aromatic heterocycles. The summed E-state index contributed by atoms with van der Waals surface area (Å²) >= 11 is 0. The van der Waals surface area contributed by atoms with Crippen LogP contribution >= 0.6 is 0 Å². The number of rotatable bonds is 7. The zero-order valence-electron chi connectivity index (χ0n) is 14.8. The van der Waals surface area contributed by atoms with Crippen molar-refractivity contribution in [1.82, 2.24) is 10.6 Å². The molecule has 1 fully saturated rings. The molecule has 0 aliphatic heterocycles.